The molecular weight excluding hydrogens is 611 g/mol. The molecule has 44 heavy (non-hydrogen) atoms. The van der Waals surface area contributed by atoms with E-state index < -0.39 is 53.1 Å². The van der Waals surface area contributed by atoms with Gasteiger partial charge in [0.1, 0.15) is 17.7 Å². The average Bonchev–Trinajstić information content (AvgIpc) is 3.23. The topological polar surface area (TPSA) is 38.8 Å². The number of hydrogen-bond acceptors (Lipinski definition) is 4. The van der Waals surface area contributed by atoms with Crippen molar-refractivity contribution in [2.24, 2.45) is 0 Å². The summed E-state index contributed by atoms with van der Waals surface area (Å²) < 4.78 is 107. The van der Waals surface area contributed by atoms with Crippen LogP contribution in [0.15, 0.2) is 53.4 Å². The number of methoxy groups -OCH3 is 1. The number of ether oxygens (including phenoxy) is 2. The van der Waals surface area contributed by atoms with Gasteiger partial charge in [-0.15, -0.1) is 11.8 Å². The van der Waals surface area contributed by atoms with Crippen LogP contribution in [0.25, 0.3) is 11.1 Å². The molecule has 3 aromatic carbocycles. The lowest BCUT2D eigenvalue weighted by atomic mass is 9.93. The molecule has 0 bridgehead atoms. The van der Waals surface area contributed by atoms with E-state index in [9.17, 15) is 35.5 Å². The van der Waals surface area contributed by atoms with E-state index in [0.29, 0.717) is 34.4 Å². The first-order valence-corrected chi connectivity index (χ1v) is 14.9. The lowest BCUT2D eigenvalue weighted by Gasteiger charge is -2.24. The zero-order valence-electron chi connectivity index (χ0n) is 24.7. The van der Waals surface area contributed by atoms with E-state index in [1.807, 2.05) is 39.0 Å². The van der Waals surface area contributed by atoms with Crippen LogP contribution in [-0.4, -0.2) is 29.9 Å². The second-order valence-electron chi connectivity index (χ2n) is 10.9. The van der Waals surface area contributed by atoms with Gasteiger partial charge in [-0.2, -0.15) is 26.3 Å². The first kappa shape index (κ1) is 33.5. The van der Waals surface area contributed by atoms with Gasteiger partial charge < -0.3 is 9.47 Å². The first-order chi connectivity index (χ1) is 20.5. The van der Waals surface area contributed by atoms with Crippen molar-refractivity contribution in [1.82, 2.24) is 4.90 Å². The number of amides is 1. The number of hydrogen-bond donors (Lipinski definition) is 0. The van der Waals surface area contributed by atoms with Gasteiger partial charge in [-0.3, -0.25) is 4.90 Å². The van der Waals surface area contributed by atoms with Crippen LogP contribution in [-0.2, 0) is 23.6 Å². The SMILES string of the molecule is CCCSc1ccc(-c2cc(C(C)C)c(F)cc2OC)c(CN2C(=O)OC(c3cc(C(F)(F)F)cc(C(F)(F)F)c3)C2C)c1. The molecule has 1 saturated heterocycles. The number of halogens is 7. The van der Waals surface area contributed by atoms with E-state index in [1.54, 1.807) is 17.8 Å². The minimum absolute atomic E-state index is 0.0376. The Kier molecular flexibility index (Phi) is 9.82. The third-order valence-corrected chi connectivity index (χ3v) is 8.65. The second-order valence-corrected chi connectivity index (χ2v) is 12.1. The minimum atomic E-state index is -5.05. The number of alkyl halides is 6. The maximum atomic E-state index is 14.8. The lowest BCUT2D eigenvalue weighted by Crippen LogP contribution is -2.31. The molecule has 0 radical (unpaired) electrons. The van der Waals surface area contributed by atoms with E-state index in [2.05, 4.69) is 0 Å². The van der Waals surface area contributed by atoms with Crippen molar-refractivity contribution in [2.45, 2.75) is 76.0 Å². The quantitative estimate of drug-likeness (QED) is 0.172. The van der Waals surface area contributed by atoms with Crippen LogP contribution in [0.5, 0.6) is 5.75 Å². The molecule has 0 spiro atoms. The van der Waals surface area contributed by atoms with Crippen molar-refractivity contribution in [1.29, 1.82) is 0 Å². The fraction of sp³-hybridized carbons (Fsp3) is 0.406. The summed E-state index contributed by atoms with van der Waals surface area (Å²) in [7, 11) is 1.41. The number of carbonyl (C=O) groups excluding carboxylic acids is 1. The predicted molar refractivity (Wildman–Crippen MR) is 154 cm³/mol. The third-order valence-electron chi connectivity index (χ3n) is 7.45. The van der Waals surface area contributed by atoms with Crippen LogP contribution in [0.4, 0.5) is 35.5 Å². The molecule has 2 unspecified atom stereocenters. The molecule has 12 heteroatoms. The van der Waals surface area contributed by atoms with Crippen LogP contribution >= 0.6 is 11.8 Å². The van der Waals surface area contributed by atoms with Crippen molar-refractivity contribution in [3.8, 4) is 16.9 Å². The van der Waals surface area contributed by atoms with Crippen LogP contribution in [0.3, 0.4) is 0 Å². The minimum Gasteiger partial charge on any atom is -0.496 e. The number of carbonyl (C=O) groups is 1. The maximum absolute atomic E-state index is 14.8. The number of nitrogens with zero attached hydrogens (tertiary/aromatic N) is 1. The van der Waals surface area contributed by atoms with Crippen molar-refractivity contribution in [2.75, 3.05) is 12.9 Å². The molecule has 1 amide bonds. The summed E-state index contributed by atoms with van der Waals surface area (Å²) in [6.45, 7) is 7.15. The monoisotopic (exact) mass is 643 g/mol. The van der Waals surface area contributed by atoms with Gasteiger partial charge in [0.25, 0.3) is 0 Å². The molecule has 1 heterocycles. The van der Waals surface area contributed by atoms with Crippen molar-refractivity contribution >= 4 is 17.9 Å². The highest BCUT2D eigenvalue weighted by atomic mass is 32.2. The molecule has 0 aromatic heterocycles. The molecule has 4 rings (SSSR count). The van der Waals surface area contributed by atoms with Gasteiger partial charge in [0.15, 0.2) is 0 Å². The number of benzene rings is 3. The summed E-state index contributed by atoms with van der Waals surface area (Å²) in [5.41, 5.74) is -1.11. The molecule has 0 N–H and O–H groups in total. The average molecular weight is 644 g/mol. The Morgan fingerprint density at radius 2 is 1.59 bits per heavy atom. The highest BCUT2D eigenvalue weighted by Gasteiger charge is 2.43. The van der Waals surface area contributed by atoms with E-state index in [-0.39, 0.29) is 24.3 Å². The van der Waals surface area contributed by atoms with Crippen molar-refractivity contribution < 1.29 is 45.0 Å². The standard InChI is InChI=1S/C32H32F7NO3S/c1-6-9-44-23-7-8-24(26-14-25(17(2)3)27(33)15-28(26)42-5)20(12-23)16-40-18(4)29(43-30(40)41)19-10-21(31(34,35)36)13-22(11-19)32(37,38)39/h7-8,10-15,17-18,29H,6,9,16H2,1-5H3. The Balaban J connectivity index is 1.78. The van der Waals surface area contributed by atoms with E-state index >= 15 is 0 Å². The fourth-order valence-corrected chi connectivity index (χ4v) is 5.98. The predicted octanol–water partition coefficient (Wildman–Crippen LogP) is 10.2. The first-order valence-electron chi connectivity index (χ1n) is 13.9. The third kappa shape index (κ3) is 7.11. The Morgan fingerprint density at radius 1 is 0.955 bits per heavy atom. The van der Waals surface area contributed by atoms with E-state index in [1.165, 1.54) is 25.0 Å². The van der Waals surface area contributed by atoms with Gasteiger partial charge in [0, 0.05) is 16.5 Å². The smallest absolute Gasteiger partial charge is 0.416 e. The Morgan fingerprint density at radius 3 is 2.14 bits per heavy atom. The zero-order valence-corrected chi connectivity index (χ0v) is 25.5. The van der Waals surface area contributed by atoms with Crippen LogP contribution in [0, 0.1) is 5.82 Å². The van der Waals surface area contributed by atoms with Gasteiger partial charge in [0.05, 0.1) is 30.8 Å². The largest absolute Gasteiger partial charge is 0.496 e. The normalized spacial score (nSPS) is 17.4. The molecule has 0 aliphatic carbocycles. The summed E-state index contributed by atoms with van der Waals surface area (Å²) in [5.74, 6) is 0.500. The molecule has 4 nitrogen and oxygen atoms in total. The highest BCUT2D eigenvalue weighted by molar-refractivity contribution is 7.99. The molecule has 238 valence electrons. The molecule has 0 saturated carbocycles. The summed E-state index contributed by atoms with van der Waals surface area (Å²) in [5, 5.41) is 0. The Hall–Kier alpha value is -3.41. The lowest BCUT2D eigenvalue weighted by molar-refractivity contribution is -0.143. The second kappa shape index (κ2) is 12.9. The molecule has 3 aromatic rings. The van der Waals surface area contributed by atoms with Gasteiger partial charge in [0.2, 0.25) is 0 Å². The number of rotatable bonds is 9. The summed E-state index contributed by atoms with van der Waals surface area (Å²) >= 11 is 1.58. The fourth-order valence-electron chi connectivity index (χ4n) is 5.15. The summed E-state index contributed by atoms with van der Waals surface area (Å²) in [4.78, 5) is 15.3. The zero-order chi connectivity index (χ0) is 32.6. The van der Waals surface area contributed by atoms with E-state index in [4.69, 9.17) is 9.47 Å². The maximum Gasteiger partial charge on any atom is 0.416 e. The van der Waals surface area contributed by atoms with Crippen molar-refractivity contribution in [3.63, 3.8) is 0 Å². The van der Waals surface area contributed by atoms with E-state index in [0.717, 1.165) is 17.1 Å². The van der Waals surface area contributed by atoms with Crippen molar-refractivity contribution in [3.05, 3.63) is 82.2 Å². The van der Waals surface area contributed by atoms with Gasteiger partial charge in [-0.25, -0.2) is 9.18 Å². The molecule has 1 fully saturated rings. The highest BCUT2D eigenvalue weighted by Crippen LogP contribution is 2.43. The van der Waals surface area contributed by atoms with Crippen LogP contribution in [0.1, 0.15) is 74.0 Å². The number of cyclic esters (lactones) is 1. The molecule has 1 aliphatic heterocycles. The molecular formula is C32H32F7NO3S. The van der Waals surface area contributed by atoms with Crippen LogP contribution in [0.2, 0.25) is 0 Å². The molecule has 1 aliphatic rings. The summed E-state index contributed by atoms with van der Waals surface area (Å²) in [6.07, 6.45) is -11.5. The summed E-state index contributed by atoms with van der Waals surface area (Å²) in [6, 6.07) is 8.85. The molecule has 2 atom stereocenters. The van der Waals surface area contributed by atoms with Gasteiger partial charge in [-0.1, -0.05) is 26.8 Å². The van der Waals surface area contributed by atoms with Crippen LogP contribution < -0.4 is 4.74 Å². The number of thioether (sulfide) groups is 1. The Bertz CT molecular complexity index is 1490. The van der Waals surface area contributed by atoms with Gasteiger partial charge in [-0.05, 0) is 83.7 Å². The van der Waals surface area contributed by atoms with Gasteiger partial charge >= 0.3 is 18.4 Å². The Labute approximate surface area is 255 Å².